The number of amides is 1. The Kier molecular flexibility index (Phi) is 3.34. The molecule has 108 valence electrons. The van der Waals surface area contributed by atoms with Crippen molar-refractivity contribution in [3.05, 3.63) is 40.3 Å². The fraction of sp³-hybridized carbons (Fsp3) is 0.214. The molecule has 2 heterocycles. The first-order valence-electron chi connectivity index (χ1n) is 6.29. The lowest BCUT2D eigenvalue weighted by Gasteiger charge is -2.32. The molecule has 0 bridgehead atoms. The highest BCUT2D eigenvalue weighted by molar-refractivity contribution is 7.09. The second kappa shape index (κ2) is 5.17. The molecular weight excluding hydrogens is 292 g/mol. The lowest BCUT2D eigenvalue weighted by molar-refractivity contribution is -0.144. The number of fused-ring (bicyclic) bond motifs is 1. The number of benzene rings is 1. The Hall–Kier alpha value is -2.41. The van der Waals surface area contributed by atoms with Gasteiger partial charge in [0.05, 0.1) is 17.2 Å². The van der Waals surface area contributed by atoms with Gasteiger partial charge in [-0.25, -0.2) is 9.78 Å². The molecule has 1 aromatic heterocycles. The fourth-order valence-electron chi connectivity index (χ4n) is 2.16. The van der Waals surface area contributed by atoms with Crippen LogP contribution in [-0.4, -0.2) is 34.6 Å². The van der Waals surface area contributed by atoms with Crippen LogP contribution in [0.5, 0.6) is 5.75 Å². The molecular formula is C14H12N2O4S. The Morgan fingerprint density at radius 3 is 2.86 bits per heavy atom. The smallest absolute Gasteiger partial charge is 0.346 e. The van der Waals surface area contributed by atoms with E-state index in [2.05, 4.69) is 4.98 Å². The molecule has 3 rings (SSSR count). The number of ether oxygens (including phenoxy) is 1. The van der Waals surface area contributed by atoms with Crippen LogP contribution < -0.4 is 9.64 Å². The minimum atomic E-state index is -1.10. The molecule has 1 amide bonds. The summed E-state index contributed by atoms with van der Waals surface area (Å²) >= 11 is 1.38. The first kappa shape index (κ1) is 13.6. The topological polar surface area (TPSA) is 79.7 Å². The number of aryl methyl sites for hydroxylation is 1. The average molecular weight is 304 g/mol. The van der Waals surface area contributed by atoms with Gasteiger partial charge in [-0.1, -0.05) is 12.1 Å². The number of carboxylic acids is 1. The maximum atomic E-state index is 12.6. The third-order valence-corrected chi connectivity index (χ3v) is 3.91. The molecule has 0 radical (unpaired) electrons. The predicted octanol–water partition coefficient (Wildman–Crippen LogP) is 1.94. The molecule has 1 atom stereocenters. The molecule has 0 aliphatic carbocycles. The molecule has 21 heavy (non-hydrogen) atoms. The second-order valence-corrected chi connectivity index (χ2v) is 5.64. The number of carboxylic acid groups (broad SMARTS) is 1. The predicted molar refractivity (Wildman–Crippen MR) is 77.0 cm³/mol. The second-order valence-electron chi connectivity index (χ2n) is 4.58. The van der Waals surface area contributed by atoms with Crippen LogP contribution in [-0.2, 0) is 4.79 Å². The van der Waals surface area contributed by atoms with E-state index in [0.717, 1.165) is 5.01 Å². The lowest BCUT2D eigenvalue weighted by Crippen LogP contribution is -2.47. The summed E-state index contributed by atoms with van der Waals surface area (Å²) in [4.78, 5) is 29.3. The molecule has 0 spiro atoms. The van der Waals surface area contributed by atoms with Crippen molar-refractivity contribution in [2.24, 2.45) is 0 Å². The van der Waals surface area contributed by atoms with Crippen molar-refractivity contribution >= 4 is 28.9 Å². The zero-order chi connectivity index (χ0) is 15.0. The highest BCUT2D eigenvalue weighted by Crippen LogP contribution is 2.34. The van der Waals surface area contributed by atoms with Crippen molar-refractivity contribution in [2.75, 3.05) is 11.4 Å². The van der Waals surface area contributed by atoms with E-state index in [0.29, 0.717) is 17.1 Å². The summed E-state index contributed by atoms with van der Waals surface area (Å²) in [5.74, 6) is -1.03. The van der Waals surface area contributed by atoms with E-state index in [-0.39, 0.29) is 12.5 Å². The molecule has 6 nitrogen and oxygen atoms in total. The Labute approximate surface area is 124 Å². The van der Waals surface area contributed by atoms with Gasteiger partial charge in [0.25, 0.3) is 5.91 Å². The number of hydrogen-bond acceptors (Lipinski definition) is 5. The summed E-state index contributed by atoms with van der Waals surface area (Å²) in [5.41, 5.74) is 0.879. The quantitative estimate of drug-likeness (QED) is 0.917. The van der Waals surface area contributed by atoms with Crippen LogP contribution in [0.3, 0.4) is 0 Å². The zero-order valence-electron chi connectivity index (χ0n) is 11.1. The van der Waals surface area contributed by atoms with Gasteiger partial charge in [0, 0.05) is 5.38 Å². The Balaban J connectivity index is 2.00. The Morgan fingerprint density at radius 1 is 1.43 bits per heavy atom. The van der Waals surface area contributed by atoms with E-state index in [9.17, 15) is 9.59 Å². The van der Waals surface area contributed by atoms with Crippen LogP contribution in [0, 0.1) is 6.92 Å². The monoisotopic (exact) mass is 304 g/mol. The van der Waals surface area contributed by atoms with E-state index < -0.39 is 12.1 Å². The number of nitrogens with zero attached hydrogens (tertiary/aromatic N) is 2. The molecule has 1 aliphatic heterocycles. The molecule has 1 aromatic carbocycles. The summed E-state index contributed by atoms with van der Waals surface area (Å²) in [7, 11) is 0. The minimum absolute atomic E-state index is 0.0399. The van der Waals surface area contributed by atoms with Crippen molar-refractivity contribution in [3.63, 3.8) is 0 Å². The van der Waals surface area contributed by atoms with Crippen molar-refractivity contribution < 1.29 is 19.4 Å². The van der Waals surface area contributed by atoms with E-state index in [1.165, 1.54) is 16.2 Å². The van der Waals surface area contributed by atoms with E-state index in [4.69, 9.17) is 9.84 Å². The number of hydrogen-bond donors (Lipinski definition) is 1. The van der Waals surface area contributed by atoms with Gasteiger partial charge in [-0.3, -0.25) is 9.69 Å². The van der Waals surface area contributed by atoms with Crippen molar-refractivity contribution in [2.45, 2.75) is 13.0 Å². The number of para-hydroxylation sites is 2. The first-order valence-corrected chi connectivity index (χ1v) is 7.16. The van der Waals surface area contributed by atoms with Gasteiger partial charge in [0.1, 0.15) is 11.4 Å². The summed E-state index contributed by atoms with van der Waals surface area (Å²) in [6.07, 6.45) is -1.08. The first-order chi connectivity index (χ1) is 10.1. The molecule has 1 aliphatic rings. The third kappa shape index (κ3) is 2.47. The molecule has 0 fully saturated rings. The molecule has 0 saturated heterocycles. The Bertz CT molecular complexity index is 713. The SMILES string of the molecule is Cc1nc(C(=O)N2CC(C(=O)O)Oc3ccccc32)cs1. The fourth-order valence-corrected chi connectivity index (χ4v) is 2.74. The summed E-state index contributed by atoms with van der Waals surface area (Å²) in [6, 6.07) is 6.89. The number of aromatic nitrogens is 1. The molecule has 0 saturated carbocycles. The van der Waals surface area contributed by atoms with Gasteiger partial charge >= 0.3 is 5.97 Å². The number of carbonyl (C=O) groups excluding carboxylic acids is 1. The van der Waals surface area contributed by atoms with Crippen LogP contribution in [0.2, 0.25) is 0 Å². The molecule has 7 heteroatoms. The number of rotatable bonds is 2. The standard InChI is InChI=1S/C14H12N2O4S/c1-8-15-9(7-21-8)13(17)16-6-12(14(18)19)20-11-5-3-2-4-10(11)16/h2-5,7,12H,6H2,1H3,(H,18,19). The summed E-state index contributed by atoms with van der Waals surface area (Å²) in [5, 5.41) is 11.6. The third-order valence-electron chi connectivity index (χ3n) is 3.13. The molecule has 1 unspecified atom stereocenters. The largest absolute Gasteiger partial charge is 0.478 e. The van der Waals surface area contributed by atoms with E-state index in [1.807, 2.05) is 6.92 Å². The van der Waals surface area contributed by atoms with E-state index >= 15 is 0 Å². The maximum absolute atomic E-state index is 12.6. The summed E-state index contributed by atoms with van der Waals surface area (Å²) < 4.78 is 5.40. The minimum Gasteiger partial charge on any atom is -0.478 e. The van der Waals surface area contributed by atoms with Crippen LogP contribution >= 0.6 is 11.3 Å². The maximum Gasteiger partial charge on any atom is 0.346 e. The van der Waals surface area contributed by atoms with Crippen LogP contribution in [0.1, 0.15) is 15.5 Å². The number of aliphatic carboxylic acids is 1. The molecule has 2 aromatic rings. The lowest BCUT2D eigenvalue weighted by atomic mass is 10.1. The average Bonchev–Trinajstić information content (AvgIpc) is 2.92. The summed E-state index contributed by atoms with van der Waals surface area (Å²) in [6.45, 7) is 1.77. The van der Waals surface area contributed by atoms with Gasteiger partial charge in [-0.2, -0.15) is 0 Å². The number of anilines is 1. The van der Waals surface area contributed by atoms with Crippen molar-refractivity contribution in [1.29, 1.82) is 0 Å². The normalized spacial score (nSPS) is 17.0. The van der Waals surface area contributed by atoms with Crippen LogP contribution in [0.25, 0.3) is 0 Å². The number of carbonyl (C=O) groups is 2. The van der Waals surface area contributed by atoms with Gasteiger partial charge in [-0.05, 0) is 19.1 Å². The van der Waals surface area contributed by atoms with Gasteiger partial charge in [0.15, 0.2) is 0 Å². The van der Waals surface area contributed by atoms with Gasteiger partial charge in [0.2, 0.25) is 6.10 Å². The van der Waals surface area contributed by atoms with Gasteiger partial charge < -0.3 is 9.84 Å². The van der Waals surface area contributed by atoms with E-state index in [1.54, 1.807) is 29.6 Å². The number of thiazole rings is 1. The van der Waals surface area contributed by atoms with Crippen molar-refractivity contribution in [1.82, 2.24) is 4.98 Å². The van der Waals surface area contributed by atoms with Crippen molar-refractivity contribution in [3.8, 4) is 5.75 Å². The highest BCUT2D eigenvalue weighted by Gasteiger charge is 2.34. The Morgan fingerprint density at radius 2 is 2.19 bits per heavy atom. The van der Waals surface area contributed by atoms with Crippen LogP contribution in [0.4, 0.5) is 5.69 Å². The highest BCUT2D eigenvalue weighted by atomic mass is 32.1. The zero-order valence-corrected chi connectivity index (χ0v) is 12.0. The molecule has 1 N–H and O–H groups in total. The van der Waals surface area contributed by atoms with Gasteiger partial charge in [-0.15, -0.1) is 11.3 Å². The van der Waals surface area contributed by atoms with Crippen LogP contribution in [0.15, 0.2) is 29.6 Å².